The lowest BCUT2D eigenvalue weighted by Gasteiger charge is -2.26. The van der Waals surface area contributed by atoms with Crippen LogP contribution in [0.3, 0.4) is 0 Å². The van der Waals surface area contributed by atoms with Crippen LogP contribution in [0, 0.1) is 0 Å². The predicted molar refractivity (Wildman–Crippen MR) is 99.2 cm³/mol. The van der Waals surface area contributed by atoms with Crippen LogP contribution in [0.2, 0.25) is 0 Å². The van der Waals surface area contributed by atoms with Crippen LogP contribution in [0.15, 0.2) is 59.8 Å². The molecule has 0 unspecified atom stereocenters. The van der Waals surface area contributed by atoms with Gasteiger partial charge in [-0.3, -0.25) is 4.79 Å². The number of anilines is 1. The van der Waals surface area contributed by atoms with Gasteiger partial charge in [-0.05, 0) is 42.5 Å². The number of pyridine rings is 1. The molecule has 1 amide bonds. The number of nitrogens with one attached hydrogen (secondary N) is 1. The molecule has 9 heteroatoms. The Labute approximate surface area is 156 Å². The van der Waals surface area contributed by atoms with Crippen molar-refractivity contribution in [2.75, 3.05) is 31.6 Å². The Morgan fingerprint density at radius 3 is 2.56 bits per heavy atom. The molecule has 0 saturated carbocycles. The summed E-state index contributed by atoms with van der Waals surface area (Å²) in [5.74, 6) is -0.311. The maximum Gasteiger partial charge on any atom is 0.255 e. The highest BCUT2D eigenvalue weighted by Crippen LogP contribution is 2.19. The van der Waals surface area contributed by atoms with Gasteiger partial charge in [-0.2, -0.15) is 9.40 Å². The number of sulfonamides is 1. The summed E-state index contributed by atoms with van der Waals surface area (Å²) in [7, 11) is -3.57. The van der Waals surface area contributed by atoms with Crippen molar-refractivity contribution >= 4 is 27.1 Å². The molecular weight excluding hydrogens is 368 g/mol. The van der Waals surface area contributed by atoms with Gasteiger partial charge in [0.05, 0.1) is 23.6 Å². The number of aromatic nitrogens is 2. The van der Waals surface area contributed by atoms with Gasteiger partial charge in [0.15, 0.2) is 0 Å². The van der Waals surface area contributed by atoms with E-state index in [1.54, 1.807) is 23.0 Å². The fourth-order valence-corrected chi connectivity index (χ4v) is 4.32. The maximum atomic E-state index is 12.6. The second-order valence-electron chi connectivity index (χ2n) is 6.11. The van der Waals surface area contributed by atoms with Crippen LogP contribution in [0.5, 0.6) is 0 Å². The van der Waals surface area contributed by atoms with E-state index in [2.05, 4.69) is 10.4 Å². The molecule has 0 spiro atoms. The minimum Gasteiger partial charge on any atom is -0.379 e. The molecule has 140 valence electrons. The van der Waals surface area contributed by atoms with Crippen LogP contribution < -0.4 is 5.32 Å². The minimum atomic E-state index is -3.57. The summed E-state index contributed by atoms with van der Waals surface area (Å²) >= 11 is 0. The monoisotopic (exact) mass is 386 g/mol. The van der Waals surface area contributed by atoms with Gasteiger partial charge in [0.1, 0.15) is 0 Å². The fraction of sp³-hybridized carbons (Fsp3) is 0.222. The number of benzene rings is 1. The van der Waals surface area contributed by atoms with Gasteiger partial charge in [-0.15, -0.1) is 0 Å². The van der Waals surface area contributed by atoms with Crippen molar-refractivity contribution < 1.29 is 17.9 Å². The first kappa shape index (κ1) is 17.7. The number of amides is 1. The molecule has 1 N–H and O–H groups in total. The summed E-state index contributed by atoms with van der Waals surface area (Å²) in [5, 5.41) is 6.91. The Balaban J connectivity index is 1.50. The molecule has 0 atom stereocenters. The van der Waals surface area contributed by atoms with Crippen molar-refractivity contribution in [3.05, 3.63) is 60.4 Å². The molecule has 8 nitrogen and oxygen atoms in total. The summed E-state index contributed by atoms with van der Waals surface area (Å²) in [6.45, 7) is 1.45. The SMILES string of the molecule is O=C(Nc1ccn2nccc2c1)c1ccc(S(=O)(=O)N2CCOCC2)cc1. The summed E-state index contributed by atoms with van der Waals surface area (Å²) in [6, 6.07) is 11.3. The molecule has 1 fully saturated rings. The van der Waals surface area contributed by atoms with E-state index in [0.29, 0.717) is 37.6 Å². The van der Waals surface area contributed by atoms with Gasteiger partial charge >= 0.3 is 0 Å². The van der Waals surface area contributed by atoms with Crippen molar-refractivity contribution in [3.8, 4) is 0 Å². The van der Waals surface area contributed by atoms with Crippen molar-refractivity contribution in [1.29, 1.82) is 0 Å². The molecule has 1 aliphatic rings. The highest BCUT2D eigenvalue weighted by Gasteiger charge is 2.26. The van der Waals surface area contributed by atoms with Crippen LogP contribution in [-0.2, 0) is 14.8 Å². The molecule has 27 heavy (non-hydrogen) atoms. The summed E-state index contributed by atoms with van der Waals surface area (Å²) in [6.07, 6.45) is 3.43. The van der Waals surface area contributed by atoms with Crippen molar-refractivity contribution in [2.45, 2.75) is 4.90 Å². The zero-order valence-corrected chi connectivity index (χ0v) is 15.2. The second-order valence-corrected chi connectivity index (χ2v) is 8.05. The number of fused-ring (bicyclic) bond motifs is 1. The Kier molecular flexibility index (Phi) is 4.65. The summed E-state index contributed by atoms with van der Waals surface area (Å²) < 4.78 is 33.5. The van der Waals surface area contributed by atoms with Crippen molar-refractivity contribution in [3.63, 3.8) is 0 Å². The summed E-state index contributed by atoms with van der Waals surface area (Å²) in [4.78, 5) is 12.6. The fourth-order valence-electron chi connectivity index (χ4n) is 2.92. The zero-order valence-electron chi connectivity index (χ0n) is 14.4. The number of hydrogen-bond donors (Lipinski definition) is 1. The highest BCUT2D eigenvalue weighted by molar-refractivity contribution is 7.89. The van der Waals surface area contributed by atoms with E-state index in [4.69, 9.17) is 4.74 Å². The largest absolute Gasteiger partial charge is 0.379 e. The molecule has 0 bridgehead atoms. The number of carbonyl (C=O) groups excluding carboxylic acids is 1. The lowest BCUT2D eigenvalue weighted by atomic mass is 10.2. The molecule has 3 aromatic rings. The molecule has 4 rings (SSSR count). The Morgan fingerprint density at radius 2 is 1.81 bits per heavy atom. The first-order valence-electron chi connectivity index (χ1n) is 8.47. The summed E-state index contributed by atoms with van der Waals surface area (Å²) in [5.41, 5.74) is 1.88. The van der Waals surface area contributed by atoms with Gasteiger partial charge in [0.2, 0.25) is 10.0 Å². The van der Waals surface area contributed by atoms with Crippen molar-refractivity contribution in [1.82, 2.24) is 13.9 Å². The van der Waals surface area contributed by atoms with Gasteiger partial charge < -0.3 is 10.1 Å². The van der Waals surface area contributed by atoms with E-state index in [1.165, 1.54) is 28.6 Å². The van der Waals surface area contributed by atoms with Crippen LogP contribution in [0.1, 0.15) is 10.4 Å². The molecule has 2 aromatic heterocycles. The Hall–Kier alpha value is -2.75. The van der Waals surface area contributed by atoms with Gasteiger partial charge in [-0.25, -0.2) is 12.9 Å². The molecule has 0 radical (unpaired) electrons. The van der Waals surface area contributed by atoms with E-state index in [0.717, 1.165) is 5.52 Å². The van der Waals surface area contributed by atoms with Gasteiger partial charge in [0, 0.05) is 36.7 Å². The quantitative estimate of drug-likeness (QED) is 0.735. The third-order valence-electron chi connectivity index (χ3n) is 4.38. The number of nitrogens with zero attached hydrogens (tertiary/aromatic N) is 3. The average molecular weight is 386 g/mol. The van der Waals surface area contributed by atoms with Crippen molar-refractivity contribution in [2.24, 2.45) is 0 Å². The third kappa shape index (κ3) is 3.57. The molecule has 1 saturated heterocycles. The lowest BCUT2D eigenvalue weighted by Crippen LogP contribution is -2.40. The molecular formula is C18H18N4O4S. The topological polar surface area (TPSA) is 93.0 Å². The Morgan fingerprint density at radius 1 is 1.07 bits per heavy atom. The number of hydrogen-bond acceptors (Lipinski definition) is 5. The van der Waals surface area contributed by atoms with Gasteiger partial charge in [0.25, 0.3) is 5.91 Å². The van der Waals surface area contributed by atoms with Crippen LogP contribution in [0.25, 0.3) is 5.52 Å². The third-order valence-corrected chi connectivity index (χ3v) is 6.29. The highest BCUT2D eigenvalue weighted by atomic mass is 32.2. The Bertz CT molecular complexity index is 1070. The van der Waals surface area contributed by atoms with E-state index in [1.807, 2.05) is 12.1 Å². The molecule has 0 aliphatic carbocycles. The maximum absolute atomic E-state index is 12.6. The van der Waals surface area contributed by atoms with Crippen LogP contribution in [-0.4, -0.2) is 54.5 Å². The second kappa shape index (κ2) is 7.10. The molecule has 3 heterocycles. The average Bonchev–Trinajstić information content (AvgIpc) is 3.16. The first-order chi connectivity index (χ1) is 13.0. The number of rotatable bonds is 4. The van der Waals surface area contributed by atoms with E-state index >= 15 is 0 Å². The van der Waals surface area contributed by atoms with Crippen LogP contribution in [0.4, 0.5) is 5.69 Å². The first-order valence-corrected chi connectivity index (χ1v) is 9.91. The molecule has 1 aromatic carbocycles. The smallest absolute Gasteiger partial charge is 0.255 e. The van der Waals surface area contributed by atoms with E-state index in [-0.39, 0.29) is 10.8 Å². The molecule has 1 aliphatic heterocycles. The minimum absolute atomic E-state index is 0.168. The normalized spacial score (nSPS) is 15.7. The van der Waals surface area contributed by atoms with Gasteiger partial charge in [-0.1, -0.05) is 0 Å². The standard InChI is InChI=1S/C18H18N4O4S/c23-18(20-15-6-8-22-16(13-15)5-7-19-22)14-1-3-17(4-2-14)27(24,25)21-9-11-26-12-10-21/h1-8,13H,9-12H2,(H,20,23). The van der Waals surface area contributed by atoms with Crippen LogP contribution >= 0.6 is 0 Å². The number of morpholine rings is 1. The predicted octanol–water partition coefficient (Wildman–Crippen LogP) is 1.61. The van der Waals surface area contributed by atoms with E-state index < -0.39 is 10.0 Å². The number of carbonyl (C=O) groups is 1. The number of ether oxygens (including phenoxy) is 1. The van der Waals surface area contributed by atoms with E-state index in [9.17, 15) is 13.2 Å². The lowest BCUT2D eigenvalue weighted by molar-refractivity contribution is 0.0730. The zero-order chi connectivity index (χ0) is 18.9.